The van der Waals surface area contributed by atoms with E-state index in [1.54, 1.807) is 12.5 Å². The van der Waals surface area contributed by atoms with Crippen LogP contribution in [-0.4, -0.2) is 52.7 Å². The van der Waals surface area contributed by atoms with Crippen LogP contribution >= 0.6 is 0 Å². The first-order valence-corrected chi connectivity index (χ1v) is 13.7. The van der Waals surface area contributed by atoms with Crippen molar-refractivity contribution in [1.29, 1.82) is 0 Å². The number of rotatable bonds is 4. The second-order valence-corrected chi connectivity index (χ2v) is 13.5. The Morgan fingerprint density at radius 2 is 1.86 bits per heavy atom. The molecule has 1 aromatic rings. The van der Waals surface area contributed by atoms with Gasteiger partial charge in [-0.05, 0) is 64.9 Å². The molecule has 204 valence electrons. The summed E-state index contributed by atoms with van der Waals surface area (Å²) >= 11 is 0. The van der Waals surface area contributed by atoms with Crippen molar-refractivity contribution in [3.8, 4) is 0 Å². The van der Waals surface area contributed by atoms with Crippen molar-refractivity contribution >= 4 is 11.9 Å². The summed E-state index contributed by atoms with van der Waals surface area (Å²) in [4.78, 5) is 26.1. The van der Waals surface area contributed by atoms with Gasteiger partial charge in [0.15, 0.2) is 6.10 Å². The molecule has 0 aromatic carbocycles. The molecular formula is C29H40O8. The summed E-state index contributed by atoms with van der Waals surface area (Å²) in [5, 5.41) is 12.0. The Hall–Kier alpha value is -1.90. The van der Waals surface area contributed by atoms with Gasteiger partial charge in [0.2, 0.25) is 0 Å². The van der Waals surface area contributed by atoms with Gasteiger partial charge in [0.1, 0.15) is 11.7 Å². The highest BCUT2D eigenvalue weighted by molar-refractivity contribution is 5.82. The molecule has 0 bridgehead atoms. The van der Waals surface area contributed by atoms with Crippen LogP contribution in [0, 0.1) is 28.1 Å². The van der Waals surface area contributed by atoms with Crippen molar-refractivity contribution < 1.29 is 38.1 Å². The summed E-state index contributed by atoms with van der Waals surface area (Å²) in [6.45, 7) is 14.3. The molecule has 10 atom stereocenters. The maximum atomic E-state index is 13.2. The fraction of sp³-hybridized carbons (Fsp3) is 0.793. The fourth-order valence-corrected chi connectivity index (χ4v) is 9.69. The van der Waals surface area contributed by atoms with Crippen LogP contribution in [-0.2, 0) is 28.5 Å². The van der Waals surface area contributed by atoms with Gasteiger partial charge in [-0.15, -0.1) is 0 Å². The minimum Gasteiger partial charge on any atom is -0.472 e. The molecule has 0 amide bonds. The van der Waals surface area contributed by atoms with Crippen molar-refractivity contribution in [2.75, 3.05) is 0 Å². The molecule has 1 spiro atoms. The number of ether oxygens (including phenoxy) is 4. The number of carbonyl (C=O) groups is 2. The number of hydrogen-bond donors (Lipinski definition) is 1. The highest BCUT2D eigenvalue weighted by Crippen LogP contribution is 2.80. The van der Waals surface area contributed by atoms with Crippen molar-refractivity contribution in [2.45, 2.75) is 116 Å². The highest BCUT2D eigenvalue weighted by Gasteiger charge is 2.88. The summed E-state index contributed by atoms with van der Waals surface area (Å²) in [6.07, 6.45) is 2.89. The molecule has 6 rings (SSSR count). The molecule has 3 aliphatic heterocycles. The molecule has 2 saturated carbocycles. The maximum absolute atomic E-state index is 13.2. The van der Waals surface area contributed by atoms with E-state index in [0.717, 1.165) is 18.4 Å². The number of fused-ring (bicyclic) bond motifs is 3. The molecule has 1 N–H and O–H groups in total. The Morgan fingerprint density at radius 3 is 2.51 bits per heavy atom. The summed E-state index contributed by atoms with van der Waals surface area (Å²) < 4.78 is 30.0. The van der Waals surface area contributed by atoms with E-state index in [0.29, 0.717) is 6.42 Å². The monoisotopic (exact) mass is 516 g/mol. The lowest BCUT2D eigenvalue weighted by molar-refractivity contribution is -0.246. The lowest BCUT2D eigenvalue weighted by Crippen LogP contribution is -2.72. The first-order valence-electron chi connectivity index (χ1n) is 13.7. The Morgan fingerprint density at radius 1 is 1.14 bits per heavy atom. The molecule has 2 aliphatic carbocycles. The van der Waals surface area contributed by atoms with Crippen molar-refractivity contribution in [2.24, 2.45) is 28.1 Å². The number of esters is 2. The first kappa shape index (κ1) is 25.4. The van der Waals surface area contributed by atoms with Crippen molar-refractivity contribution in [3.05, 3.63) is 24.2 Å². The summed E-state index contributed by atoms with van der Waals surface area (Å²) in [7, 11) is 0. The Labute approximate surface area is 218 Å². The van der Waals surface area contributed by atoms with E-state index in [1.165, 1.54) is 0 Å². The average Bonchev–Trinajstić information content (AvgIpc) is 3.30. The third-order valence-corrected chi connectivity index (χ3v) is 11.2. The minimum absolute atomic E-state index is 0.0306. The first-order chi connectivity index (χ1) is 17.2. The van der Waals surface area contributed by atoms with E-state index in [9.17, 15) is 14.7 Å². The Balaban J connectivity index is 1.45. The van der Waals surface area contributed by atoms with E-state index < -0.39 is 45.8 Å². The van der Waals surface area contributed by atoms with Gasteiger partial charge in [-0.3, -0.25) is 4.79 Å². The van der Waals surface area contributed by atoms with Crippen LogP contribution in [0.3, 0.4) is 0 Å². The van der Waals surface area contributed by atoms with Gasteiger partial charge >= 0.3 is 11.9 Å². The van der Waals surface area contributed by atoms with E-state index in [-0.39, 0.29) is 42.4 Å². The lowest BCUT2D eigenvalue weighted by atomic mass is 9.37. The Kier molecular flexibility index (Phi) is 5.22. The molecule has 5 fully saturated rings. The van der Waals surface area contributed by atoms with Crippen LogP contribution in [0.25, 0.3) is 0 Å². The number of aliphatic hydroxyl groups is 1. The molecular weight excluding hydrogens is 476 g/mol. The Bertz CT molecular complexity index is 1110. The van der Waals surface area contributed by atoms with Gasteiger partial charge < -0.3 is 28.5 Å². The van der Waals surface area contributed by atoms with Crippen LogP contribution < -0.4 is 0 Å². The molecule has 37 heavy (non-hydrogen) atoms. The van der Waals surface area contributed by atoms with E-state index in [1.807, 2.05) is 19.9 Å². The second-order valence-electron chi connectivity index (χ2n) is 13.5. The van der Waals surface area contributed by atoms with Gasteiger partial charge in [0.05, 0.1) is 42.9 Å². The van der Waals surface area contributed by atoms with Gasteiger partial charge in [-0.1, -0.05) is 20.8 Å². The molecule has 0 unspecified atom stereocenters. The van der Waals surface area contributed by atoms with Crippen LogP contribution in [0.2, 0.25) is 0 Å². The SMILES string of the molecule is CC(C)OC(=O)C[C@H]1OC(C)(C)[C@@H]2C[C@@H](O)[C@]3(C)[C@H](CC[C@@]4(C)[C@H](c5ccoc5)OC(=O)[C@H]5O[C@@]534)[C@@]12C. The molecule has 8 heteroatoms. The van der Waals surface area contributed by atoms with Crippen LogP contribution in [0.5, 0.6) is 0 Å². The largest absolute Gasteiger partial charge is 0.472 e. The smallest absolute Gasteiger partial charge is 0.339 e. The zero-order valence-electron chi connectivity index (χ0n) is 22.9. The van der Waals surface area contributed by atoms with Gasteiger partial charge in [-0.25, -0.2) is 4.79 Å². The standard InChI is InChI=1S/C29H40O8/c1-15(2)34-21(31)13-20-27(6)17-8-10-26(5)22(16-9-11-33-14-16)35-24(32)23-29(26,37-23)28(17,7)19(30)12-18(27)25(3,4)36-20/h9,11,14-15,17-20,22-23,30H,8,10,12-13H2,1-7H3/t17-,18+,19-,20-,22+,23-,26+,27-,28+,29-/m1/s1. The number of epoxide rings is 1. The topological polar surface area (TPSA) is 108 Å². The maximum Gasteiger partial charge on any atom is 0.339 e. The van der Waals surface area contributed by atoms with Crippen LogP contribution in [0.4, 0.5) is 0 Å². The summed E-state index contributed by atoms with van der Waals surface area (Å²) in [5.41, 5.74) is -2.32. The highest BCUT2D eigenvalue weighted by atomic mass is 16.7. The van der Waals surface area contributed by atoms with Crippen molar-refractivity contribution in [3.63, 3.8) is 0 Å². The van der Waals surface area contributed by atoms with Gasteiger partial charge in [-0.2, -0.15) is 0 Å². The number of carbonyl (C=O) groups excluding carboxylic acids is 2. The van der Waals surface area contributed by atoms with Crippen molar-refractivity contribution in [1.82, 2.24) is 0 Å². The second kappa shape index (κ2) is 7.60. The van der Waals surface area contributed by atoms with E-state index >= 15 is 0 Å². The molecule has 4 heterocycles. The zero-order chi connectivity index (χ0) is 26.8. The quantitative estimate of drug-likeness (QED) is 0.465. The van der Waals surface area contributed by atoms with E-state index in [2.05, 4.69) is 34.6 Å². The molecule has 3 saturated heterocycles. The van der Waals surface area contributed by atoms with Gasteiger partial charge in [0, 0.05) is 21.8 Å². The third-order valence-electron chi connectivity index (χ3n) is 11.2. The fourth-order valence-electron chi connectivity index (χ4n) is 9.69. The third kappa shape index (κ3) is 2.95. The summed E-state index contributed by atoms with van der Waals surface area (Å²) in [5.74, 6) is -0.666. The number of hydrogen-bond acceptors (Lipinski definition) is 8. The number of cyclic esters (lactones) is 1. The normalized spacial score (nSPS) is 49.4. The van der Waals surface area contributed by atoms with Gasteiger partial charge in [0.25, 0.3) is 0 Å². The zero-order valence-corrected chi connectivity index (χ0v) is 22.9. The number of aliphatic hydroxyl groups excluding tert-OH is 1. The predicted molar refractivity (Wildman–Crippen MR) is 131 cm³/mol. The predicted octanol–water partition coefficient (Wildman–Crippen LogP) is 4.34. The van der Waals surface area contributed by atoms with E-state index in [4.69, 9.17) is 23.4 Å². The van der Waals surface area contributed by atoms with Crippen LogP contribution in [0.15, 0.2) is 23.0 Å². The summed E-state index contributed by atoms with van der Waals surface area (Å²) in [6, 6.07) is 1.84. The van der Waals surface area contributed by atoms with Crippen LogP contribution in [0.1, 0.15) is 85.8 Å². The number of furan rings is 1. The molecule has 5 aliphatic rings. The minimum atomic E-state index is -0.886. The lowest BCUT2D eigenvalue weighted by Gasteiger charge is -2.66. The molecule has 0 radical (unpaired) electrons. The molecule has 1 aromatic heterocycles. The molecule has 8 nitrogen and oxygen atoms in total. The average molecular weight is 517 g/mol.